The van der Waals surface area contributed by atoms with Gasteiger partial charge in [0.05, 0.1) is 18.6 Å². The summed E-state index contributed by atoms with van der Waals surface area (Å²) in [6.07, 6.45) is 0. The second kappa shape index (κ2) is 6.01. The van der Waals surface area contributed by atoms with Gasteiger partial charge in [-0.2, -0.15) is 0 Å². The van der Waals surface area contributed by atoms with Crippen molar-refractivity contribution in [2.45, 2.75) is 6.04 Å². The van der Waals surface area contributed by atoms with Gasteiger partial charge in [-0.1, -0.05) is 23.7 Å². The molecule has 0 saturated carbocycles. The van der Waals surface area contributed by atoms with Crippen LogP contribution >= 0.6 is 54.8 Å². The van der Waals surface area contributed by atoms with E-state index in [1.165, 1.54) is 0 Å². The predicted octanol–water partition coefficient (Wildman–Crippen LogP) is 5.37. The molecule has 1 N–H and O–H groups in total. The summed E-state index contributed by atoms with van der Waals surface area (Å²) < 4.78 is 16.0. The van der Waals surface area contributed by atoms with Crippen LogP contribution in [0.25, 0.3) is 0 Å². The highest BCUT2D eigenvalue weighted by Crippen LogP contribution is 2.38. The van der Waals surface area contributed by atoms with Crippen molar-refractivity contribution in [3.05, 3.63) is 53.8 Å². The lowest BCUT2D eigenvalue weighted by Gasteiger charge is -2.17. The Morgan fingerprint density at radius 2 is 2.06 bits per heavy atom. The molecule has 6 heteroatoms. The van der Waals surface area contributed by atoms with E-state index in [9.17, 15) is 4.39 Å². The van der Waals surface area contributed by atoms with Crippen molar-refractivity contribution in [3.8, 4) is 0 Å². The van der Waals surface area contributed by atoms with Gasteiger partial charge in [-0.05, 0) is 56.6 Å². The van der Waals surface area contributed by atoms with E-state index in [-0.39, 0.29) is 16.9 Å². The summed E-state index contributed by atoms with van der Waals surface area (Å²) in [6.45, 7) is 0. The maximum Gasteiger partial charge on any atom is 0.146 e. The van der Waals surface area contributed by atoms with E-state index in [1.54, 1.807) is 36.6 Å². The molecule has 1 nitrogen and oxygen atoms in total. The third kappa shape index (κ3) is 2.80. The summed E-state index contributed by atoms with van der Waals surface area (Å²) in [5.74, 6) is -0.382. The number of thiophene rings is 1. The van der Waals surface area contributed by atoms with E-state index in [0.717, 1.165) is 13.1 Å². The number of rotatable bonds is 3. The van der Waals surface area contributed by atoms with Crippen molar-refractivity contribution in [1.29, 1.82) is 0 Å². The lowest BCUT2D eigenvalue weighted by molar-refractivity contribution is 0.576. The number of hydrogen-bond acceptors (Lipinski definition) is 2. The Morgan fingerprint density at radius 1 is 1.33 bits per heavy atom. The van der Waals surface area contributed by atoms with Gasteiger partial charge in [0.15, 0.2) is 0 Å². The molecule has 2 rings (SSSR count). The average Bonchev–Trinajstić information content (AvgIpc) is 2.65. The van der Waals surface area contributed by atoms with Crippen LogP contribution in [0.2, 0.25) is 5.02 Å². The van der Waals surface area contributed by atoms with Gasteiger partial charge in [0.1, 0.15) is 5.82 Å². The Hall–Kier alpha value is 0.0600. The van der Waals surface area contributed by atoms with Gasteiger partial charge in [-0.15, -0.1) is 11.3 Å². The number of benzene rings is 1. The average molecular weight is 414 g/mol. The monoisotopic (exact) mass is 411 g/mol. The molecule has 0 amide bonds. The second-order valence-electron chi connectivity index (χ2n) is 3.64. The third-order valence-electron chi connectivity index (χ3n) is 2.58. The lowest BCUT2D eigenvalue weighted by atomic mass is 10.0. The lowest BCUT2D eigenvalue weighted by Crippen LogP contribution is -2.18. The van der Waals surface area contributed by atoms with Crippen molar-refractivity contribution in [2.24, 2.45) is 0 Å². The summed E-state index contributed by atoms with van der Waals surface area (Å²) in [4.78, 5) is 0. The van der Waals surface area contributed by atoms with Crippen molar-refractivity contribution in [2.75, 3.05) is 7.05 Å². The molecular formula is C12H9Br2ClFNS. The Balaban J connectivity index is 2.52. The third-order valence-corrected chi connectivity index (χ3v) is 5.25. The summed E-state index contributed by atoms with van der Waals surface area (Å²) in [6, 6.07) is 6.77. The first kappa shape index (κ1) is 14.5. The Bertz CT molecular complexity index is 573. The normalized spacial score (nSPS) is 12.7. The standard InChI is InChI=1S/C12H9Br2ClFNS/c1-17-11(7-5-9(13)18-12(7)14)6-3-2-4-8(15)10(6)16/h2-5,11,17H,1H3. The summed E-state index contributed by atoms with van der Waals surface area (Å²) in [5, 5.41) is 3.25. The van der Waals surface area contributed by atoms with Gasteiger partial charge in [-0.3, -0.25) is 0 Å². The summed E-state index contributed by atoms with van der Waals surface area (Å²) in [7, 11) is 1.79. The molecule has 1 aromatic heterocycles. The minimum absolute atomic E-state index is 0.137. The van der Waals surface area contributed by atoms with Crippen LogP contribution in [0.5, 0.6) is 0 Å². The summed E-state index contributed by atoms with van der Waals surface area (Å²) >= 11 is 14.3. The minimum atomic E-state index is -0.382. The zero-order chi connectivity index (χ0) is 13.3. The first-order valence-electron chi connectivity index (χ1n) is 5.10. The van der Waals surface area contributed by atoms with Crippen LogP contribution in [0.4, 0.5) is 4.39 Å². The van der Waals surface area contributed by atoms with Gasteiger partial charge >= 0.3 is 0 Å². The molecular weight excluding hydrogens is 404 g/mol. The van der Waals surface area contributed by atoms with E-state index < -0.39 is 0 Å². The highest BCUT2D eigenvalue weighted by molar-refractivity contribution is 9.12. The van der Waals surface area contributed by atoms with E-state index >= 15 is 0 Å². The van der Waals surface area contributed by atoms with Crippen LogP contribution in [-0.4, -0.2) is 7.05 Å². The van der Waals surface area contributed by atoms with Crippen LogP contribution in [0.1, 0.15) is 17.2 Å². The molecule has 18 heavy (non-hydrogen) atoms. The molecule has 1 aromatic carbocycles. The topological polar surface area (TPSA) is 12.0 Å². The van der Waals surface area contributed by atoms with Crippen LogP contribution in [0, 0.1) is 5.82 Å². The first-order valence-corrected chi connectivity index (χ1v) is 7.88. The summed E-state index contributed by atoms with van der Waals surface area (Å²) in [5.41, 5.74) is 1.52. The molecule has 0 aliphatic carbocycles. The van der Waals surface area contributed by atoms with E-state index in [1.807, 2.05) is 6.07 Å². The maximum atomic E-state index is 14.1. The number of halogens is 4. The van der Waals surface area contributed by atoms with Crippen LogP contribution in [0.3, 0.4) is 0 Å². The van der Waals surface area contributed by atoms with E-state index in [2.05, 4.69) is 37.2 Å². The first-order chi connectivity index (χ1) is 8.54. The fourth-order valence-electron chi connectivity index (χ4n) is 1.77. The van der Waals surface area contributed by atoms with Crippen molar-refractivity contribution < 1.29 is 4.39 Å². The van der Waals surface area contributed by atoms with Crippen LogP contribution in [0.15, 0.2) is 31.8 Å². The van der Waals surface area contributed by atoms with Crippen LogP contribution in [-0.2, 0) is 0 Å². The maximum absolute atomic E-state index is 14.1. The molecule has 96 valence electrons. The van der Waals surface area contributed by atoms with Crippen molar-refractivity contribution in [1.82, 2.24) is 5.32 Å². The van der Waals surface area contributed by atoms with Crippen molar-refractivity contribution in [3.63, 3.8) is 0 Å². The van der Waals surface area contributed by atoms with Gasteiger partial charge < -0.3 is 5.32 Å². The van der Waals surface area contributed by atoms with Crippen LogP contribution < -0.4 is 5.32 Å². The number of hydrogen-bond donors (Lipinski definition) is 1. The molecule has 1 heterocycles. The fraction of sp³-hybridized carbons (Fsp3) is 0.167. The largest absolute Gasteiger partial charge is 0.309 e. The predicted molar refractivity (Wildman–Crippen MR) is 82.0 cm³/mol. The molecule has 0 bridgehead atoms. The van der Waals surface area contributed by atoms with E-state index in [0.29, 0.717) is 5.56 Å². The van der Waals surface area contributed by atoms with E-state index in [4.69, 9.17) is 11.6 Å². The Kier molecular flexibility index (Phi) is 4.83. The Morgan fingerprint density at radius 3 is 2.61 bits per heavy atom. The van der Waals surface area contributed by atoms with Gasteiger partial charge in [0, 0.05) is 5.56 Å². The van der Waals surface area contributed by atoms with Gasteiger partial charge in [0.2, 0.25) is 0 Å². The zero-order valence-corrected chi connectivity index (χ0v) is 14.1. The van der Waals surface area contributed by atoms with Gasteiger partial charge in [-0.25, -0.2) is 4.39 Å². The molecule has 0 fully saturated rings. The Labute approximate surface area is 131 Å². The molecule has 0 saturated heterocycles. The van der Waals surface area contributed by atoms with Gasteiger partial charge in [0.25, 0.3) is 0 Å². The fourth-order valence-corrected chi connectivity index (χ4v) is 4.86. The van der Waals surface area contributed by atoms with Crippen molar-refractivity contribution >= 4 is 54.8 Å². The quantitative estimate of drug-likeness (QED) is 0.713. The molecule has 2 aromatic rings. The highest BCUT2D eigenvalue weighted by Gasteiger charge is 2.21. The number of nitrogens with one attached hydrogen (secondary N) is 1. The molecule has 0 aliphatic rings. The SMILES string of the molecule is CNC(c1cc(Br)sc1Br)c1cccc(Cl)c1F. The molecule has 1 unspecified atom stereocenters. The minimum Gasteiger partial charge on any atom is -0.309 e. The molecule has 0 spiro atoms. The zero-order valence-electron chi connectivity index (χ0n) is 9.31. The molecule has 1 atom stereocenters. The second-order valence-corrected chi connectivity index (χ2v) is 7.80. The smallest absolute Gasteiger partial charge is 0.146 e. The molecule has 0 radical (unpaired) electrons. The molecule has 0 aliphatic heterocycles. The highest BCUT2D eigenvalue weighted by atomic mass is 79.9.